The van der Waals surface area contributed by atoms with Gasteiger partial charge in [-0.2, -0.15) is 0 Å². The molecule has 1 heterocycles. The van der Waals surface area contributed by atoms with Crippen molar-refractivity contribution in [3.8, 4) is 5.75 Å². The van der Waals surface area contributed by atoms with Gasteiger partial charge in [0.05, 0.1) is 0 Å². The van der Waals surface area contributed by atoms with Gasteiger partial charge in [-0.15, -0.1) is 12.4 Å². The third kappa shape index (κ3) is 2.72. The molecule has 7 heteroatoms. The molecule has 0 aliphatic rings. The minimum Gasteiger partial charge on any atom is -0.508 e. The van der Waals surface area contributed by atoms with Crippen molar-refractivity contribution >= 4 is 35.2 Å². The molecule has 1 amide bonds. The highest BCUT2D eigenvalue weighted by atomic mass is 35.5. The number of H-pyrrole nitrogens is 1. The zero-order chi connectivity index (χ0) is 12.4. The lowest BCUT2D eigenvalue weighted by Gasteiger charge is -2.00. The second-order valence-electron chi connectivity index (χ2n) is 3.52. The molecule has 0 radical (unpaired) electrons. The monoisotopic (exact) mass is 268 g/mol. The van der Waals surface area contributed by atoms with Gasteiger partial charge < -0.3 is 15.8 Å². The van der Waals surface area contributed by atoms with Gasteiger partial charge in [-0.1, -0.05) is 0 Å². The Kier molecular flexibility index (Phi) is 4.17. The summed E-state index contributed by atoms with van der Waals surface area (Å²) in [5.41, 5.74) is 6.52. The molecule has 0 bridgehead atoms. The number of aliphatic imine (C=N–C) groups is 1. The van der Waals surface area contributed by atoms with Crippen LogP contribution in [0.5, 0.6) is 5.75 Å². The molecule has 2 rings (SSSR count). The zero-order valence-corrected chi connectivity index (χ0v) is 10.4. The summed E-state index contributed by atoms with van der Waals surface area (Å²) in [5, 5.41) is 12.5. The summed E-state index contributed by atoms with van der Waals surface area (Å²) >= 11 is 0. The molecule has 1 aromatic carbocycles. The van der Waals surface area contributed by atoms with E-state index in [-0.39, 0.29) is 30.0 Å². The van der Waals surface area contributed by atoms with E-state index in [9.17, 15) is 9.90 Å². The van der Waals surface area contributed by atoms with Crippen LogP contribution < -0.4 is 11.1 Å². The molecule has 0 fully saturated rings. The number of fused-ring (bicyclic) bond motifs is 1. The van der Waals surface area contributed by atoms with E-state index in [0.717, 1.165) is 10.9 Å². The number of hydrogen-bond donors (Lipinski definition) is 4. The van der Waals surface area contributed by atoms with Gasteiger partial charge in [0.15, 0.2) is 5.96 Å². The molecule has 6 nitrogen and oxygen atoms in total. The largest absolute Gasteiger partial charge is 0.508 e. The lowest BCUT2D eigenvalue weighted by atomic mass is 10.2. The van der Waals surface area contributed by atoms with Crippen LogP contribution in [0.1, 0.15) is 10.5 Å². The lowest BCUT2D eigenvalue weighted by Crippen LogP contribution is -2.36. The number of nitrogens with one attached hydrogen (secondary N) is 2. The Morgan fingerprint density at radius 3 is 2.83 bits per heavy atom. The number of nitrogens with zero attached hydrogens (tertiary/aromatic N) is 1. The van der Waals surface area contributed by atoms with E-state index < -0.39 is 0 Å². The summed E-state index contributed by atoms with van der Waals surface area (Å²) in [6.07, 6.45) is 0. The van der Waals surface area contributed by atoms with E-state index >= 15 is 0 Å². The van der Waals surface area contributed by atoms with Crippen LogP contribution in [0.4, 0.5) is 0 Å². The molecule has 0 aliphatic heterocycles. The number of aromatic amines is 1. The van der Waals surface area contributed by atoms with Gasteiger partial charge in [0.1, 0.15) is 11.4 Å². The van der Waals surface area contributed by atoms with Gasteiger partial charge in [-0.3, -0.25) is 15.1 Å². The molecule has 2 aromatic rings. The van der Waals surface area contributed by atoms with Gasteiger partial charge in [-0.25, -0.2) is 0 Å². The number of aromatic nitrogens is 1. The Labute approximate surface area is 109 Å². The van der Waals surface area contributed by atoms with Crippen molar-refractivity contribution in [2.75, 3.05) is 7.05 Å². The summed E-state index contributed by atoms with van der Waals surface area (Å²) in [6.45, 7) is 0. The number of carbonyl (C=O) groups is 1. The molecule has 0 unspecified atom stereocenters. The molecule has 96 valence electrons. The normalized spacial score (nSPS) is 11.1. The SMILES string of the molecule is CN=C(N)NC(=O)c1cc2cc(O)ccc2[nH]1.Cl. The summed E-state index contributed by atoms with van der Waals surface area (Å²) in [7, 11) is 1.48. The molecule has 0 atom stereocenters. The highest BCUT2D eigenvalue weighted by Gasteiger charge is 2.10. The van der Waals surface area contributed by atoms with Crippen LogP contribution in [-0.2, 0) is 0 Å². The van der Waals surface area contributed by atoms with Crippen molar-refractivity contribution < 1.29 is 9.90 Å². The fraction of sp³-hybridized carbons (Fsp3) is 0.0909. The van der Waals surface area contributed by atoms with Gasteiger partial charge >= 0.3 is 0 Å². The van der Waals surface area contributed by atoms with Crippen LogP contribution in [0.15, 0.2) is 29.3 Å². The van der Waals surface area contributed by atoms with Crippen molar-refractivity contribution in [3.05, 3.63) is 30.0 Å². The molecule has 0 aliphatic carbocycles. The predicted molar refractivity (Wildman–Crippen MR) is 72.2 cm³/mol. The number of amides is 1. The molecule has 0 saturated carbocycles. The van der Waals surface area contributed by atoms with E-state index in [1.54, 1.807) is 24.3 Å². The minimum atomic E-state index is -0.371. The highest BCUT2D eigenvalue weighted by Crippen LogP contribution is 2.20. The Balaban J connectivity index is 0.00000162. The summed E-state index contributed by atoms with van der Waals surface area (Å²) in [5.74, 6) is -0.168. The fourth-order valence-corrected chi connectivity index (χ4v) is 1.48. The maximum Gasteiger partial charge on any atom is 0.274 e. The van der Waals surface area contributed by atoms with Gasteiger partial charge in [-0.05, 0) is 24.3 Å². The van der Waals surface area contributed by atoms with Crippen LogP contribution in [-0.4, -0.2) is 29.0 Å². The zero-order valence-electron chi connectivity index (χ0n) is 9.60. The minimum absolute atomic E-state index is 0. The number of rotatable bonds is 1. The van der Waals surface area contributed by atoms with E-state index in [1.165, 1.54) is 7.05 Å². The first kappa shape index (κ1) is 13.9. The number of phenolic OH excluding ortho intramolecular Hbond substituents is 1. The third-order valence-electron chi connectivity index (χ3n) is 2.33. The first-order valence-electron chi connectivity index (χ1n) is 4.95. The van der Waals surface area contributed by atoms with E-state index in [2.05, 4.69) is 15.3 Å². The van der Waals surface area contributed by atoms with E-state index in [0.29, 0.717) is 5.69 Å². The van der Waals surface area contributed by atoms with Gasteiger partial charge in [0, 0.05) is 18.0 Å². The van der Waals surface area contributed by atoms with Crippen LogP contribution in [0, 0.1) is 0 Å². The number of benzene rings is 1. The smallest absolute Gasteiger partial charge is 0.274 e. The molecule has 5 N–H and O–H groups in total. The van der Waals surface area contributed by atoms with Crippen molar-refractivity contribution in [2.24, 2.45) is 10.7 Å². The summed E-state index contributed by atoms with van der Waals surface area (Å²) in [6, 6.07) is 6.44. The quantitative estimate of drug-likeness (QED) is 0.458. The standard InChI is InChI=1S/C11H12N4O2.ClH/c1-13-11(12)15-10(17)9-5-6-4-7(16)2-3-8(6)14-9;/h2-5,14,16H,1H3,(H3,12,13,15,17);1H. The number of guanidine groups is 1. The van der Waals surface area contributed by atoms with Gasteiger partial charge in [0.2, 0.25) is 0 Å². The van der Waals surface area contributed by atoms with Crippen LogP contribution in [0.3, 0.4) is 0 Å². The van der Waals surface area contributed by atoms with Crippen LogP contribution in [0.25, 0.3) is 10.9 Å². The van der Waals surface area contributed by atoms with E-state index in [1.807, 2.05) is 0 Å². The second kappa shape index (κ2) is 5.42. The average Bonchev–Trinajstić information content (AvgIpc) is 2.71. The molecular formula is C11H13ClN4O2. The van der Waals surface area contributed by atoms with Crippen molar-refractivity contribution in [2.45, 2.75) is 0 Å². The number of phenols is 1. The maximum absolute atomic E-state index is 11.7. The number of halogens is 1. The molecule has 0 spiro atoms. The first-order chi connectivity index (χ1) is 8.10. The average molecular weight is 269 g/mol. The van der Waals surface area contributed by atoms with Crippen LogP contribution in [0.2, 0.25) is 0 Å². The number of hydrogen-bond acceptors (Lipinski definition) is 3. The van der Waals surface area contributed by atoms with Crippen molar-refractivity contribution in [3.63, 3.8) is 0 Å². The number of carbonyl (C=O) groups excluding carboxylic acids is 1. The Hall–Kier alpha value is -2.21. The lowest BCUT2D eigenvalue weighted by molar-refractivity contribution is 0.0972. The van der Waals surface area contributed by atoms with E-state index in [4.69, 9.17) is 5.73 Å². The molecular weight excluding hydrogens is 256 g/mol. The predicted octanol–water partition coefficient (Wildman–Crippen LogP) is 0.970. The third-order valence-corrected chi connectivity index (χ3v) is 2.33. The molecule has 18 heavy (non-hydrogen) atoms. The first-order valence-corrected chi connectivity index (χ1v) is 4.95. The topological polar surface area (TPSA) is 104 Å². The van der Waals surface area contributed by atoms with Gasteiger partial charge in [0.25, 0.3) is 5.91 Å². The second-order valence-corrected chi connectivity index (χ2v) is 3.52. The Bertz CT molecular complexity index is 606. The molecule has 1 aromatic heterocycles. The number of nitrogens with two attached hydrogens (primary N) is 1. The molecule has 0 saturated heterocycles. The fourth-order valence-electron chi connectivity index (χ4n) is 1.48. The van der Waals surface area contributed by atoms with Crippen molar-refractivity contribution in [1.29, 1.82) is 0 Å². The Morgan fingerprint density at radius 2 is 2.17 bits per heavy atom. The number of aromatic hydroxyl groups is 1. The Morgan fingerprint density at radius 1 is 1.44 bits per heavy atom. The van der Waals surface area contributed by atoms with Crippen molar-refractivity contribution in [1.82, 2.24) is 10.3 Å². The summed E-state index contributed by atoms with van der Waals surface area (Å²) < 4.78 is 0. The maximum atomic E-state index is 11.7. The van der Waals surface area contributed by atoms with Crippen LogP contribution >= 0.6 is 12.4 Å². The summed E-state index contributed by atoms with van der Waals surface area (Å²) in [4.78, 5) is 18.3. The highest BCUT2D eigenvalue weighted by molar-refractivity contribution is 6.06.